The summed E-state index contributed by atoms with van der Waals surface area (Å²) in [5.74, 6) is 1.27. The second-order valence-electron chi connectivity index (χ2n) is 5.23. The smallest absolute Gasteiger partial charge is 0.244 e. The molecular weight excluding hydrogens is 278 g/mol. The average Bonchev–Trinajstić information content (AvgIpc) is 2.53. The number of nitrogens with one attached hydrogen (secondary N) is 1. The summed E-state index contributed by atoms with van der Waals surface area (Å²) in [7, 11) is 3.20. The van der Waals surface area contributed by atoms with Gasteiger partial charge in [0.15, 0.2) is 11.5 Å². The Bertz CT molecular complexity index is 491. The highest BCUT2D eigenvalue weighted by molar-refractivity contribution is 5.92. The van der Waals surface area contributed by atoms with Crippen LogP contribution in [-0.2, 0) is 4.79 Å². The van der Waals surface area contributed by atoms with Crippen LogP contribution < -0.4 is 14.8 Å². The molecular formula is C18H27NO3. The minimum absolute atomic E-state index is 0.0540. The van der Waals surface area contributed by atoms with E-state index in [2.05, 4.69) is 19.2 Å². The maximum atomic E-state index is 12.0. The molecule has 1 N–H and O–H groups in total. The molecule has 0 fully saturated rings. The van der Waals surface area contributed by atoms with E-state index in [-0.39, 0.29) is 11.9 Å². The normalized spacial score (nSPS) is 11.0. The number of carbonyl (C=O) groups is 1. The predicted molar refractivity (Wildman–Crippen MR) is 90.3 cm³/mol. The number of hydrogen-bond acceptors (Lipinski definition) is 3. The molecule has 1 aromatic carbocycles. The van der Waals surface area contributed by atoms with Gasteiger partial charge in [-0.3, -0.25) is 4.79 Å². The minimum Gasteiger partial charge on any atom is -0.493 e. The zero-order valence-corrected chi connectivity index (χ0v) is 14.0. The highest BCUT2D eigenvalue weighted by Crippen LogP contribution is 2.27. The molecule has 1 rings (SSSR count). The number of hydrogen-bond donors (Lipinski definition) is 1. The molecule has 0 atom stereocenters. The molecule has 22 heavy (non-hydrogen) atoms. The zero-order chi connectivity index (χ0) is 16.4. The van der Waals surface area contributed by atoms with Gasteiger partial charge >= 0.3 is 0 Å². The molecule has 0 aromatic heterocycles. The van der Waals surface area contributed by atoms with Gasteiger partial charge in [0.25, 0.3) is 0 Å². The maximum absolute atomic E-state index is 12.0. The molecule has 4 heteroatoms. The van der Waals surface area contributed by atoms with Crippen LogP contribution >= 0.6 is 0 Å². The van der Waals surface area contributed by atoms with Crippen LogP contribution in [-0.4, -0.2) is 26.2 Å². The fourth-order valence-corrected chi connectivity index (χ4v) is 2.36. The summed E-state index contributed by atoms with van der Waals surface area (Å²) in [6.45, 7) is 4.27. The van der Waals surface area contributed by atoms with E-state index in [4.69, 9.17) is 9.47 Å². The molecule has 4 nitrogen and oxygen atoms in total. The molecule has 0 aliphatic carbocycles. The molecule has 0 saturated heterocycles. The first kappa shape index (κ1) is 18.1. The summed E-state index contributed by atoms with van der Waals surface area (Å²) in [5, 5.41) is 3.06. The Labute approximate surface area is 133 Å². The highest BCUT2D eigenvalue weighted by atomic mass is 16.5. The Morgan fingerprint density at radius 3 is 2.32 bits per heavy atom. The van der Waals surface area contributed by atoms with Gasteiger partial charge in [-0.05, 0) is 36.6 Å². The van der Waals surface area contributed by atoms with Crippen molar-refractivity contribution in [2.75, 3.05) is 14.2 Å². The van der Waals surface area contributed by atoms with E-state index in [0.29, 0.717) is 11.5 Å². The van der Waals surface area contributed by atoms with E-state index in [0.717, 1.165) is 31.2 Å². The Kier molecular flexibility index (Phi) is 8.11. The monoisotopic (exact) mass is 305 g/mol. The van der Waals surface area contributed by atoms with Crippen molar-refractivity contribution in [1.29, 1.82) is 0 Å². The topological polar surface area (TPSA) is 47.6 Å². The first-order chi connectivity index (χ1) is 10.6. The number of carbonyl (C=O) groups excluding carboxylic acids is 1. The lowest BCUT2D eigenvalue weighted by Crippen LogP contribution is -2.33. The number of methoxy groups -OCH3 is 2. The SMILES string of the molecule is CCCC(CCC)NC(=O)C=Cc1ccc(OC)c(OC)c1. The third-order valence-corrected chi connectivity index (χ3v) is 3.46. The maximum Gasteiger partial charge on any atom is 0.244 e. The summed E-state index contributed by atoms with van der Waals surface area (Å²) in [4.78, 5) is 12.0. The second kappa shape index (κ2) is 9.87. The Hall–Kier alpha value is -1.97. The van der Waals surface area contributed by atoms with E-state index in [1.807, 2.05) is 18.2 Å². The van der Waals surface area contributed by atoms with Crippen molar-refractivity contribution < 1.29 is 14.3 Å². The van der Waals surface area contributed by atoms with E-state index in [1.54, 1.807) is 26.4 Å². The summed E-state index contributed by atoms with van der Waals surface area (Å²) >= 11 is 0. The van der Waals surface area contributed by atoms with Gasteiger partial charge in [0.2, 0.25) is 5.91 Å². The third kappa shape index (κ3) is 5.80. The van der Waals surface area contributed by atoms with E-state index < -0.39 is 0 Å². The molecule has 0 radical (unpaired) electrons. The van der Waals surface area contributed by atoms with Gasteiger partial charge in [0, 0.05) is 12.1 Å². The van der Waals surface area contributed by atoms with Gasteiger partial charge in [0.05, 0.1) is 14.2 Å². The van der Waals surface area contributed by atoms with Crippen LogP contribution in [0, 0.1) is 0 Å². The molecule has 1 amide bonds. The Morgan fingerprint density at radius 1 is 1.14 bits per heavy atom. The van der Waals surface area contributed by atoms with Crippen molar-refractivity contribution in [2.24, 2.45) is 0 Å². The van der Waals surface area contributed by atoms with Gasteiger partial charge in [-0.1, -0.05) is 32.8 Å². The summed E-state index contributed by atoms with van der Waals surface area (Å²) in [6, 6.07) is 5.82. The van der Waals surface area contributed by atoms with Gasteiger partial charge in [0.1, 0.15) is 0 Å². The largest absolute Gasteiger partial charge is 0.493 e. The van der Waals surface area contributed by atoms with Crippen LogP contribution in [0.15, 0.2) is 24.3 Å². The van der Waals surface area contributed by atoms with E-state index in [9.17, 15) is 4.79 Å². The first-order valence-corrected chi connectivity index (χ1v) is 7.85. The molecule has 0 unspecified atom stereocenters. The fraction of sp³-hybridized carbons (Fsp3) is 0.500. The lowest BCUT2D eigenvalue weighted by Gasteiger charge is -2.15. The highest BCUT2D eigenvalue weighted by Gasteiger charge is 2.08. The molecule has 0 heterocycles. The number of benzene rings is 1. The minimum atomic E-state index is -0.0540. The van der Waals surface area contributed by atoms with Crippen LogP contribution in [0.3, 0.4) is 0 Å². The first-order valence-electron chi connectivity index (χ1n) is 7.85. The zero-order valence-electron chi connectivity index (χ0n) is 14.0. The molecule has 1 aromatic rings. The van der Waals surface area contributed by atoms with Crippen LogP contribution in [0.25, 0.3) is 6.08 Å². The molecule has 122 valence electrons. The quantitative estimate of drug-likeness (QED) is 0.706. The summed E-state index contributed by atoms with van der Waals surface area (Å²) < 4.78 is 10.4. The van der Waals surface area contributed by atoms with Crippen LogP contribution in [0.2, 0.25) is 0 Å². The molecule has 0 saturated carbocycles. The summed E-state index contributed by atoms with van der Waals surface area (Å²) in [5.41, 5.74) is 0.898. The number of amides is 1. The predicted octanol–water partition coefficient (Wildman–Crippen LogP) is 3.80. The fourth-order valence-electron chi connectivity index (χ4n) is 2.36. The van der Waals surface area contributed by atoms with Gasteiger partial charge < -0.3 is 14.8 Å². The summed E-state index contributed by atoms with van der Waals surface area (Å²) in [6.07, 6.45) is 7.54. The van der Waals surface area contributed by atoms with E-state index >= 15 is 0 Å². The Morgan fingerprint density at radius 2 is 1.77 bits per heavy atom. The third-order valence-electron chi connectivity index (χ3n) is 3.46. The average molecular weight is 305 g/mol. The van der Waals surface area contributed by atoms with Gasteiger partial charge in [-0.2, -0.15) is 0 Å². The Balaban J connectivity index is 2.68. The standard InChI is InChI=1S/C18H27NO3/c1-5-7-15(8-6-2)19-18(20)12-10-14-9-11-16(21-3)17(13-14)22-4/h9-13,15H,5-8H2,1-4H3,(H,19,20). The lowest BCUT2D eigenvalue weighted by atomic mass is 10.1. The van der Waals surface area contributed by atoms with Crippen molar-refractivity contribution in [2.45, 2.75) is 45.6 Å². The van der Waals surface area contributed by atoms with Crippen molar-refractivity contribution >= 4 is 12.0 Å². The van der Waals surface area contributed by atoms with Crippen LogP contribution in [0.4, 0.5) is 0 Å². The van der Waals surface area contributed by atoms with Crippen molar-refractivity contribution in [3.05, 3.63) is 29.8 Å². The van der Waals surface area contributed by atoms with Crippen molar-refractivity contribution in [3.8, 4) is 11.5 Å². The second-order valence-corrected chi connectivity index (χ2v) is 5.23. The molecule has 0 bridgehead atoms. The molecule has 0 aliphatic heterocycles. The van der Waals surface area contributed by atoms with Crippen LogP contribution in [0.1, 0.15) is 45.1 Å². The number of ether oxygens (including phenoxy) is 2. The van der Waals surface area contributed by atoms with E-state index in [1.165, 1.54) is 0 Å². The van der Waals surface area contributed by atoms with Crippen molar-refractivity contribution in [3.63, 3.8) is 0 Å². The molecule has 0 aliphatic rings. The van der Waals surface area contributed by atoms with Gasteiger partial charge in [-0.25, -0.2) is 0 Å². The molecule has 0 spiro atoms. The van der Waals surface area contributed by atoms with Gasteiger partial charge in [-0.15, -0.1) is 0 Å². The van der Waals surface area contributed by atoms with Crippen molar-refractivity contribution in [1.82, 2.24) is 5.32 Å². The lowest BCUT2D eigenvalue weighted by molar-refractivity contribution is -0.117. The van der Waals surface area contributed by atoms with Crippen LogP contribution in [0.5, 0.6) is 11.5 Å². The number of rotatable bonds is 9.